The van der Waals surface area contributed by atoms with E-state index < -0.39 is 15.6 Å². The van der Waals surface area contributed by atoms with Gasteiger partial charge in [0.25, 0.3) is 10.0 Å². The number of nitrogens with zero attached hydrogens (tertiary/aromatic N) is 7. The van der Waals surface area contributed by atoms with Crippen LogP contribution in [0.3, 0.4) is 0 Å². The van der Waals surface area contributed by atoms with Crippen LogP contribution in [0, 0.1) is 0 Å². The lowest BCUT2D eigenvalue weighted by Gasteiger charge is -2.34. The van der Waals surface area contributed by atoms with Crippen molar-refractivity contribution in [2.75, 3.05) is 13.6 Å². The van der Waals surface area contributed by atoms with Crippen molar-refractivity contribution in [2.45, 2.75) is 16.4 Å². The Morgan fingerprint density at radius 2 is 1.22 bits per heavy atom. The van der Waals surface area contributed by atoms with Gasteiger partial charge in [-0.2, -0.15) is 13.5 Å². The fraction of sp³-hybridized carbons (Fsp3) is 0.0930. The van der Waals surface area contributed by atoms with Gasteiger partial charge in [-0.3, -0.25) is 0 Å². The Kier molecular flexibility index (Phi) is 9.79. The number of halogens is 1. The monoisotopic (exact) mass is 762 g/mol. The number of hydrogen-bond donors (Lipinski definition) is 1. The van der Waals surface area contributed by atoms with E-state index in [2.05, 4.69) is 56.4 Å². The average molecular weight is 763 g/mol. The lowest BCUT2D eigenvalue weighted by atomic mass is 9.77. The molecule has 0 saturated carbocycles. The van der Waals surface area contributed by atoms with Gasteiger partial charge in [-0.15, -0.1) is 19.4 Å². The van der Waals surface area contributed by atoms with E-state index in [4.69, 9.17) is 21.8 Å². The summed E-state index contributed by atoms with van der Waals surface area (Å²) in [5.41, 5.74) is 5.51. The van der Waals surface area contributed by atoms with Crippen LogP contribution in [0.15, 0.2) is 184 Å². The summed E-state index contributed by atoms with van der Waals surface area (Å²) in [7, 11) is -2.43. The Morgan fingerprint density at radius 1 is 0.709 bits per heavy atom. The van der Waals surface area contributed by atoms with Crippen molar-refractivity contribution < 1.29 is 8.42 Å². The van der Waals surface area contributed by atoms with E-state index in [9.17, 15) is 8.42 Å². The van der Waals surface area contributed by atoms with Crippen LogP contribution in [0.1, 0.15) is 33.7 Å². The number of sulfonamides is 1. The normalized spacial score (nSPS) is 14.8. The van der Waals surface area contributed by atoms with Crippen molar-refractivity contribution in [1.82, 2.24) is 30.5 Å². The van der Waals surface area contributed by atoms with Crippen LogP contribution in [0.2, 0.25) is 5.02 Å². The predicted octanol–water partition coefficient (Wildman–Crippen LogP) is 7.60. The zero-order valence-electron chi connectivity index (χ0n) is 29.7. The van der Waals surface area contributed by atoms with Gasteiger partial charge < -0.3 is 5.32 Å². The predicted molar refractivity (Wildman–Crippen MR) is 215 cm³/mol. The minimum Gasteiger partial charge on any atom is -0.357 e. The lowest BCUT2D eigenvalue weighted by molar-refractivity contribution is 0.396. The number of hydrazone groups is 1. The number of aromatic nitrogens is 4. The number of rotatable bonds is 9. The average Bonchev–Trinajstić information content (AvgIpc) is 3.91. The van der Waals surface area contributed by atoms with Gasteiger partial charge in [-0.05, 0) is 57.3 Å². The Balaban J connectivity index is 1.17. The smallest absolute Gasteiger partial charge is 0.285 e. The van der Waals surface area contributed by atoms with E-state index in [1.807, 2.05) is 109 Å². The maximum absolute atomic E-state index is 13.3. The molecule has 1 atom stereocenters. The van der Waals surface area contributed by atoms with Crippen LogP contribution >= 0.6 is 11.6 Å². The van der Waals surface area contributed by atoms with E-state index in [1.54, 1.807) is 16.9 Å². The minimum absolute atomic E-state index is 0.0299. The second kappa shape index (κ2) is 15.1. The van der Waals surface area contributed by atoms with Crippen LogP contribution in [-0.4, -0.2) is 58.9 Å². The van der Waals surface area contributed by atoms with Crippen molar-refractivity contribution >= 4 is 33.3 Å². The Labute approximate surface area is 324 Å². The molecule has 0 saturated heterocycles. The van der Waals surface area contributed by atoms with E-state index in [1.165, 1.54) is 24.3 Å². The molecular weight excluding hydrogens is 728 g/mol. The molecule has 0 amide bonds. The molecule has 0 spiro atoms. The third kappa shape index (κ3) is 6.91. The lowest BCUT2D eigenvalue weighted by Crippen LogP contribution is -2.39. The summed E-state index contributed by atoms with van der Waals surface area (Å²) >= 11 is 6.00. The summed E-state index contributed by atoms with van der Waals surface area (Å²) in [5.74, 6) is 0.387. The van der Waals surface area contributed by atoms with Gasteiger partial charge in [0, 0.05) is 23.6 Å². The van der Waals surface area contributed by atoms with Crippen molar-refractivity contribution in [3.05, 3.63) is 203 Å². The molecule has 8 rings (SSSR count). The first-order valence-corrected chi connectivity index (χ1v) is 19.5. The Bertz CT molecular complexity index is 2470. The van der Waals surface area contributed by atoms with E-state index in [0.717, 1.165) is 39.1 Å². The first-order valence-electron chi connectivity index (χ1n) is 17.6. The standard InChI is InChI=1S/C43H35ClN8O2S/c1-45-42(49-55(53,54)38-28-26-37(44)27-29-38)51-30-39(31-14-6-2-7-15-31)40(47-51)32-22-24-33(25-23-32)41-46-50-52(48-41)43(34-16-8-3-9-17-34,35-18-10-4-11-19-35)36-20-12-5-13-21-36/h2-29,39H,30H2,1H3,(H,45,49). The van der Waals surface area contributed by atoms with Crippen LogP contribution in [0.4, 0.5) is 0 Å². The van der Waals surface area contributed by atoms with E-state index >= 15 is 0 Å². The molecule has 10 nitrogen and oxygen atoms in total. The number of hydrogen-bond acceptors (Lipinski definition) is 6. The summed E-state index contributed by atoms with van der Waals surface area (Å²) in [6.07, 6.45) is 0. The summed E-state index contributed by atoms with van der Waals surface area (Å²) in [5, 5.41) is 24.3. The molecular formula is C43H35ClN8O2S. The van der Waals surface area contributed by atoms with Gasteiger partial charge in [0.1, 0.15) is 0 Å². The highest BCUT2D eigenvalue weighted by molar-refractivity contribution is 7.90. The third-order valence-electron chi connectivity index (χ3n) is 9.63. The van der Waals surface area contributed by atoms with Crippen molar-refractivity contribution in [1.29, 1.82) is 0 Å². The summed E-state index contributed by atoms with van der Waals surface area (Å²) < 4.78 is 30.7. The first kappa shape index (κ1) is 35.6. The molecule has 1 aromatic heterocycles. The summed E-state index contributed by atoms with van der Waals surface area (Å²) in [6, 6.07) is 54.4. The van der Waals surface area contributed by atoms with Gasteiger partial charge in [-0.25, -0.2) is 5.01 Å². The highest BCUT2D eigenvalue weighted by Crippen LogP contribution is 2.40. The molecule has 1 N–H and O–H groups in total. The highest BCUT2D eigenvalue weighted by Gasteiger charge is 2.41. The third-order valence-corrected chi connectivity index (χ3v) is 11.2. The topological polar surface area (TPSA) is 118 Å². The molecule has 0 bridgehead atoms. The second-order valence-electron chi connectivity index (χ2n) is 12.9. The fourth-order valence-corrected chi connectivity index (χ4v) is 8.11. The molecule has 0 radical (unpaired) electrons. The molecule has 1 unspecified atom stereocenters. The molecule has 6 aromatic carbocycles. The number of benzene rings is 6. The van der Waals surface area contributed by atoms with Crippen molar-refractivity contribution in [3.63, 3.8) is 0 Å². The summed E-state index contributed by atoms with van der Waals surface area (Å²) in [4.78, 5) is 1.74. The minimum atomic E-state index is -4.05. The fourth-order valence-electron chi connectivity index (χ4n) is 6.98. The van der Waals surface area contributed by atoms with Crippen LogP contribution in [-0.2, 0) is 15.6 Å². The van der Waals surface area contributed by atoms with Gasteiger partial charge >= 0.3 is 0 Å². The van der Waals surface area contributed by atoms with Crippen LogP contribution < -0.4 is 5.32 Å². The number of guanidine groups is 1. The molecule has 0 fully saturated rings. The van der Waals surface area contributed by atoms with E-state index in [-0.39, 0.29) is 16.8 Å². The second-order valence-corrected chi connectivity index (χ2v) is 15.0. The molecule has 12 heteroatoms. The molecule has 2 heterocycles. The molecule has 1 aliphatic rings. The molecule has 7 aromatic rings. The maximum Gasteiger partial charge on any atom is 0.285 e. The first-order chi connectivity index (χ1) is 26.9. The maximum atomic E-state index is 13.3. The molecule has 0 aliphatic carbocycles. The number of nitrogens with one attached hydrogen (secondary N) is 1. The quantitative estimate of drug-likeness (QED) is 0.0915. The molecule has 272 valence electrons. The zero-order chi connectivity index (χ0) is 37.8. The van der Waals surface area contributed by atoms with Gasteiger partial charge in [0.05, 0.1) is 17.2 Å². The number of tetrazole rings is 1. The molecule has 1 aliphatic heterocycles. The summed E-state index contributed by atoms with van der Waals surface area (Å²) in [6.45, 7) is 0.368. The van der Waals surface area contributed by atoms with Crippen LogP contribution in [0.5, 0.6) is 0 Å². The zero-order valence-corrected chi connectivity index (χ0v) is 31.3. The Morgan fingerprint density at radius 3 is 1.75 bits per heavy atom. The molecule has 55 heavy (non-hydrogen) atoms. The SMILES string of the molecule is CN/C(=N\S(=O)(=O)c1ccc(Cl)cc1)N1CC(c2ccccc2)C(c2ccc(-c3nnn(C(c4ccccc4)(c4ccccc4)c4ccccc4)n3)cc2)=N1. The largest absolute Gasteiger partial charge is 0.357 e. The van der Waals surface area contributed by atoms with Gasteiger partial charge in [0.2, 0.25) is 11.8 Å². The van der Waals surface area contributed by atoms with Gasteiger partial charge in [0.15, 0.2) is 5.54 Å². The highest BCUT2D eigenvalue weighted by atomic mass is 35.5. The van der Waals surface area contributed by atoms with Crippen LogP contribution in [0.25, 0.3) is 11.4 Å². The van der Waals surface area contributed by atoms with E-state index in [0.29, 0.717) is 17.4 Å². The van der Waals surface area contributed by atoms with Gasteiger partial charge in [-0.1, -0.05) is 157 Å². The van der Waals surface area contributed by atoms with Crippen molar-refractivity contribution in [3.8, 4) is 11.4 Å². The Hall–Kier alpha value is -6.43. The van der Waals surface area contributed by atoms with Crippen molar-refractivity contribution in [2.24, 2.45) is 9.50 Å².